The van der Waals surface area contributed by atoms with E-state index in [9.17, 15) is 4.39 Å². The number of hydrogen-bond donors (Lipinski definition) is 1. The van der Waals surface area contributed by atoms with Gasteiger partial charge in [-0.2, -0.15) is 0 Å². The number of nitrogens with zero attached hydrogens (tertiary/aromatic N) is 2. The molecule has 0 atom stereocenters. The Bertz CT molecular complexity index is 546. The van der Waals surface area contributed by atoms with Gasteiger partial charge in [-0.1, -0.05) is 36.7 Å². The van der Waals surface area contributed by atoms with E-state index < -0.39 is 5.82 Å². The molecular weight excluding hydrogens is 253 g/mol. The largest absolute Gasteiger partial charge is 0.354 e. The molecule has 0 bridgehead atoms. The standard InChI is InChI=1S/C13H13ClFN3/c1-2-7-16-13-17-8-11(15)12(18-13)9-5-3-4-6-10(9)14/h3-6,8H,2,7H2,1H3,(H,16,17,18). The second kappa shape index (κ2) is 5.78. The summed E-state index contributed by atoms with van der Waals surface area (Å²) >= 11 is 6.04. The van der Waals surface area contributed by atoms with Gasteiger partial charge in [-0.3, -0.25) is 0 Å². The molecule has 0 radical (unpaired) electrons. The van der Waals surface area contributed by atoms with Crippen LogP contribution in [0.15, 0.2) is 30.5 Å². The Balaban J connectivity index is 2.40. The molecule has 5 heteroatoms. The molecule has 1 aromatic carbocycles. The Kier molecular flexibility index (Phi) is 4.10. The van der Waals surface area contributed by atoms with Gasteiger partial charge >= 0.3 is 0 Å². The molecule has 0 unspecified atom stereocenters. The summed E-state index contributed by atoms with van der Waals surface area (Å²) in [6.07, 6.45) is 2.10. The van der Waals surface area contributed by atoms with E-state index in [0.717, 1.165) is 19.2 Å². The van der Waals surface area contributed by atoms with Gasteiger partial charge in [0.1, 0.15) is 5.69 Å². The highest BCUT2D eigenvalue weighted by atomic mass is 35.5. The lowest BCUT2D eigenvalue weighted by Gasteiger charge is -2.07. The maximum atomic E-state index is 13.7. The first-order chi connectivity index (χ1) is 8.72. The Labute approximate surface area is 110 Å². The molecule has 0 spiro atoms. The fourth-order valence-corrected chi connectivity index (χ4v) is 1.76. The molecular formula is C13H13ClFN3. The van der Waals surface area contributed by atoms with Crippen molar-refractivity contribution in [3.8, 4) is 11.3 Å². The lowest BCUT2D eigenvalue weighted by molar-refractivity contribution is 0.618. The second-order valence-corrected chi connectivity index (χ2v) is 4.20. The van der Waals surface area contributed by atoms with Gasteiger partial charge in [-0.25, -0.2) is 14.4 Å². The summed E-state index contributed by atoms with van der Waals surface area (Å²) in [5.74, 6) is -0.0710. The number of anilines is 1. The van der Waals surface area contributed by atoms with Crippen LogP contribution < -0.4 is 5.32 Å². The number of hydrogen-bond acceptors (Lipinski definition) is 3. The number of halogens is 2. The monoisotopic (exact) mass is 265 g/mol. The predicted molar refractivity (Wildman–Crippen MR) is 71.2 cm³/mol. The first-order valence-corrected chi connectivity index (χ1v) is 6.11. The van der Waals surface area contributed by atoms with Crippen LogP contribution in [-0.4, -0.2) is 16.5 Å². The van der Waals surface area contributed by atoms with Gasteiger partial charge in [-0.15, -0.1) is 0 Å². The zero-order valence-electron chi connectivity index (χ0n) is 9.95. The van der Waals surface area contributed by atoms with E-state index in [-0.39, 0.29) is 5.69 Å². The Morgan fingerprint density at radius 2 is 2.11 bits per heavy atom. The van der Waals surface area contributed by atoms with E-state index in [2.05, 4.69) is 15.3 Å². The fraction of sp³-hybridized carbons (Fsp3) is 0.231. The van der Waals surface area contributed by atoms with Gasteiger partial charge in [0.15, 0.2) is 5.82 Å². The summed E-state index contributed by atoms with van der Waals surface area (Å²) in [5, 5.41) is 3.49. The molecule has 2 aromatic rings. The molecule has 1 aromatic heterocycles. The lowest BCUT2D eigenvalue weighted by atomic mass is 10.1. The van der Waals surface area contributed by atoms with E-state index in [1.807, 2.05) is 6.92 Å². The summed E-state index contributed by atoms with van der Waals surface area (Å²) in [6.45, 7) is 2.78. The van der Waals surface area contributed by atoms with Crippen molar-refractivity contribution >= 4 is 17.5 Å². The minimum atomic E-state index is -0.481. The average molecular weight is 266 g/mol. The van der Waals surface area contributed by atoms with Gasteiger partial charge in [0.2, 0.25) is 5.95 Å². The van der Waals surface area contributed by atoms with Gasteiger partial charge in [0, 0.05) is 12.1 Å². The van der Waals surface area contributed by atoms with Gasteiger partial charge < -0.3 is 5.32 Å². The van der Waals surface area contributed by atoms with E-state index in [4.69, 9.17) is 11.6 Å². The lowest BCUT2D eigenvalue weighted by Crippen LogP contribution is -2.05. The summed E-state index contributed by atoms with van der Waals surface area (Å²) in [6, 6.07) is 7.03. The van der Waals surface area contributed by atoms with Crippen molar-refractivity contribution in [2.45, 2.75) is 13.3 Å². The van der Waals surface area contributed by atoms with E-state index >= 15 is 0 Å². The summed E-state index contributed by atoms with van der Waals surface area (Å²) in [7, 11) is 0. The molecule has 18 heavy (non-hydrogen) atoms. The average Bonchev–Trinajstić information content (AvgIpc) is 2.39. The zero-order chi connectivity index (χ0) is 13.0. The summed E-state index contributed by atoms with van der Waals surface area (Å²) < 4.78 is 13.7. The normalized spacial score (nSPS) is 10.4. The van der Waals surface area contributed by atoms with Crippen LogP contribution in [0.1, 0.15) is 13.3 Å². The Morgan fingerprint density at radius 3 is 2.83 bits per heavy atom. The second-order valence-electron chi connectivity index (χ2n) is 3.80. The SMILES string of the molecule is CCCNc1ncc(F)c(-c2ccccc2Cl)n1. The van der Waals surface area contributed by atoms with Crippen molar-refractivity contribution in [1.29, 1.82) is 0 Å². The summed E-state index contributed by atoms with van der Waals surface area (Å²) in [4.78, 5) is 8.05. The van der Waals surface area contributed by atoms with Crippen molar-refractivity contribution in [3.05, 3.63) is 41.3 Å². The number of nitrogens with one attached hydrogen (secondary N) is 1. The van der Waals surface area contributed by atoms with Crippen LogP contribution in [0.25, 0.3) is 11.3 Å². The third kappa shape index (κ3) is 2.76. The van der Waals surface area contributed by atoms with Crippen molar-refractivity contribution < 1.29 is 4.39 Å². The van der Waals surface area contributed by atoms with Crippen LogP contribution in [0.4, 0.5) is 10.3 Å². The molecule has 1 heterocycles. The van der Waals surface area contributed by atoms with E-state index in [0.29, 0.717) is 16.5 Å². The molecule has 0 saturated carbocycles. The highest BCUT2D eigenvalue weighted by molar-refractivity contribution is 6.33. The van der Waals surface area contributed by atoms with Gasteiger partial charge in [0.25, 0.3) is 0 Å². The molecule has 0 amide bonds. The van der Waals surface area contributed by atoms with Gasteiger partial charge in [0.05, 0.1) is 11.2 Å². The van der Waals surface area contributed by atoms with Crippen LogP contribution in [-0.2, 0) is 0 Å². The maximum absolute atomic E-state index is 13.7. The minimum Gasteiger partial charge on any atom is -0.354 e. The number of aromatic nitrogens is 2. The maximum Gasteiger partial charge on any atom is 0.223 e. The third-order valence-corrected chi connectivity index (χ3v) is 2.74. The van der Waals surface area contributed by atoms with Crippen LogP contribution >= 0.6 is 11.6 Å². The summed E-state index contributed by atoms with van der Waals surface area (Å²) in [5.41, 5.74) is 0.785. The molecule has 0 fully saturated rings. The van der Waals surface area contributed by atoms with Crippen molar-refractivity contribution in [2.75, 3.05) is 11.9 Å². The quantitative estimate of drug-likeness (QED) is 0.915. The predicted octanol–water partition coefficient (Wildman–Crippen LogP) is 3.76. The third-order valence-electron chi connectivity index (χ3n) is 2.41. The van der Waals surface area contributed by atoms with Crippen LogP contribution in [0.2, 0.25) is 5.02 Å². The van der Waals surface area contributed by atoms with E-state index in [1.54, 1.807) is 24.3 Å². The Hall–Kier alpha value is -1.68. The topological polar surface area (TPSA) is 37.8 Å². The number of benzene rings is 1. The minimum absolute atomic E-state index is 0.217. The van der Waals surface area contributed by atoms with Crippen LogP contribution in [0.5, 0.6) is 0 Å². The molecule has 3 nitrogen and oxygen atoms in total. The smallest absolute Gasteiger partial charge is 0.223 e. The highest BCUT2D eigenvalue weighted by Gasteiger charge is 2.11. The molecule has 1 N–H and O–H groups in total. The van der Waals surface area contributed by atoms with Gasteiger partial charge in [-0.05, 0) is 12.5 Å². The van der Waals surface area contributed by atoms with Crippen molar-refractivity contribution in [1.82, 2.24) is 9.97 Å². The molecule has 94 valence electrons. The molecule has 0 aliphatic rings. The first-order valence-electron chi connectivity index (χ1n) is 5.73. The first kappa shape index (κ1) is 12.8. The molecule has 0 aliphatic carbocycles. The van der Waals surface area contributed by atoms with E-state index in [1.165, 1.54) is 0 Å². The van der Waals surface area contributed by atoms with Crippen LogP contribution in [0.3, 0.4) is 0 Å². The Morgan fingerprint density at radius 1 is 1.33 bits per heavy atom. The van der Waals surface area contributed by atoms with Crippen molar-refractivity contribution in [3.63, 3.8) is 0 Å². The zero-order valence-corrected chi connectivity index (χ0v) is 10.7. The van der Waals surface area contributed by atoms with Crippen molar-refractivity contribution in [2.24, 2.45) is 0 Å². The molecule has 0 aliphatic heterocycles. The highest BCUT2D eigenvalue weighted by Crippen LogP contribution is 2.28. The fourth-order valence-electron chi connectivity index (χ4n) is 1.53. The molecule has 0 saturated heterocycles. The number of rotatable bonds is 4. The molecule has 2 rings (SSSR count). The van der Waals surface area contributed by atoms with Crippen LogP contribution in [0, 0.1) is 5.82 Å².